The molecule has 0 saturated carbocycles. The van der Waals surface area contributed by atoms with Crippen molar-refractivity contribution in [1.82, 2.24) is 9.38 Å². The molecule has 0 aromatic carbocycles. The molecule has 0 radical (unpaired) electrons. The van der Waals surface area contributed by atoms with Gasteiger partial charge in [-0.1, -0.05) is 6.07 Å². The van der Waals surface area contributed by atoms with Crippen LogP contribution in [-0.2, 0) is 22.4 Å². The Bertz CT molecular complexity index is 1150. The molecule has 0 unspecified atom stereocenters. The van der Waals surface area contributed by atoms with E-state index in [-0.39, 0.29) is 5.69 Å². The van der Waals surface area contributed by atoms with Crippen molar-refractivity contribution < 1.29 is 19.1 Å². The van der Waals surface area contributed by atoms with Gasteiger partial charge in [-0.15, -0.1) is 11.3 Å². The number of amides is 2. The number of thiophene rings is 1. The molecule has 0 aliphatic heterocycles. The van der Waals surface area contributed by atoms with Gasteiger partial charge in [-0.3, -0.25) is 9.59 Å². The maximum atomic E-state index is 12.5. The van der Waals surface area contributed by atoms with Crippen LogP contribution in [0.5, 0.6) is 0 Å². The molecular weight excluding hydrogens is 392 g/mol. The van der Waals surface area contributed by atoms with Crippen molar-refractivity contribution in [3.63, 3.8) is 0 Å². The summed E-state index contributed by atoms with van der Waals surface area (Å²) in [7, 11) is 0. The minimum absolute atomic E-state index is 0.117. The molecule has 3 aromatic rings. The molecule has 29 heavy (non-hydrogen) atoms. The lowest BCUT2D eigenvalue weighted by Gasteiger charge is -2.12. The number of aryl methyl sites for hydroxylation is 2. The van der Waals surface area contributed by atoms with E-state index in [4.69, 9.17) is 10.5 Å². The van der Waals surface area contributed by atoms with Gasteiger partial charge >= 0.3 is 5.97 Å². The number of nitrogens with zero attached hydrogens (tertiary/aromatic N) is 2. The number of primary amides is 1. The Morgan fingerprint density at radius 1 is 1.31 bits per heavy atom. The standard InChI is InChI=1S/C20H20N4O4S/c1-10-5-3-8-15-22-13(9-24(10)15)20(27)28-11(2)18(26)23-19-16(17(21)25)12-6-4-7-14(12)29-19/h3,5,8-9,11H,4,6-7H2,1-2H3,(H2,21,25)(H,23,26)/t11-/m1/s1. The fraction of sp³-hybridized carbons (Fsp3) is 0.300. The molecular formula is C20H20N4O4S. The number of anilines is 1. The molecule has 9 heteroatoms. The fourth-order valence-electron chi connectivity index (χ4n) is 3.49. The monoisotopic (exact) mass is 412 g/mol. The van der Waals surface area contributed by atoms with Crippen molar-refractivity contribution in [1.29, 1.82) is 0 Å². The number of carbonyl (C=O) groups is 3. The number of imidazole rings is 1. The largest absolute Gasteiger partial charge is 0.448 e. The summed E-state index contributed by atoms with van der Waals surface area (Å²) in [5.74, 6) is -1.79. The summed E-state index contributed by atoms with van der Waals surface area (Å²) in [4.78, 5) is 42.1. The average molecular weight is 412 g/mol. The maximum Gasteiger partial charge on any atom is 0.359 e. The second-order valence-electron chi connectivity index (χ2n) is 6.98. The van der Waals surface area contributed by atoms with E-state index in [0.717, 1.165) is 35.4 Å². The molecule has 8 nitrogen and oxygen atoms in total. The quantitative estimate of drug-likeness (QED) is 0.625. The summed E-state index contributed by atoms with van der Waals surface area (Å²) >= 11 is 1.35. The van der Waals surface area contributed by atoms with Gasteiger partial charge in [0.2, 0.25) is 0 Å². The topological polar surface area (TPSA) is 116 Å². The van der Waals surface area contributed by atoms with Crippen molar-refractivity contribution in [3.8, 4) is 0 Å². The van der Waals surface area contributed by atoms with Crippen molar-refractivity contribution >= 4 is 39.8 Å². The van der Waals surface area contributed by atoms with E-state index < -0.39 is 23.9 Å². The zero-order valence-electron chi connectivity index (χ0n) is 16.0. The summed E-state index contributed by atoms with van der Waals surface area (Å²) in [6.45, 7) is 3.37. The van der Waals surface area contributed by atoms with Crippen LogP contribution in [0.15, 0.2) is 24.4 Å². The van der Waals surface area contributed by atoms with E-state index in [1.807, 2.05) is 19.1 Å². The molecule has 3 aromatic heterocycles. The minimum atomic E-state index is -1.06. The highest BCUT2D eigenvalue weighted by molar-refractivity contribution is 7.17. The third kappa shape index (κ3) is 3.49. The Morgan fingerprint density at radius 2 is 2.10 bits per heavy atom. The Hall–Kier alpha value is -3.20. The van der Waals surface area contributed by atoms with Crippen LogP contribution in [-0.4, -0.2) is 33.3 Å². The third-order valence-electron chi connectivity index (χ3n) is 4.96. The highest BCUT2D eigenvalue weighted by Crippen LogP contribution is 2.38. The Morgan fingerprint density at radius 3 is 2.83 bits per heavy atom. The molecule has 1 aliphatic carbocycles. The zero-order chi connectivity index (χ0) is 20.7. The van der Waals surface area contributed by atoms with E-state index >= 15 is 0 Å². The van der Waals surface area contributed by atoms with Gasteiger partial charge in [0.1, 0.15) is 10.6 Å². The molecule has 1 atom stereocenters. The zero-order valence-corrected chi connectivity index (χ0v) is 16.8. The summed E-state index contributed by atoms with van der Waals surface area (Å²) in [5.41, 5.74) is 8.45. The average Bonchev–Trinajstić information content (AvgIpc) is 3.35. The molecule has 0 fully saturated rings. The van der Waals surface area contributed by atoms with Crippen molar-refractivity contribution in [2.45, 2.75) is 39.2 Å². The molecule has 150 valence electrons. The van der Waals surface area contributed by atoms with Crippen molar-refractivity contribution in [2.75, 3.05) is 5.32 Å². The molecule has 1 aliphatic rings. The lowest BCUT2D eigenvalue weighted by Crippen LogP contribution is -2.30. The predicted molar refractivity (Wildman–Crippen MR) is 108 cm³/mol. The number of nitrogens with one attached hydrogen (secondary N) is 1. The molecule has 2 amide bonds. The summed E-state index contributed by atoms with van der Waals surface area (Å²) in [6, 6.07) is 5.52. The number of carbonyl (C=O) groups excluding carboxylic acids is 3. The van der Waals surface area contributed by atoms with Crippen LogP contribution in [0.2, 0.25) is 0 Å². The lowest BCUT2D eigenvalue weighted by molar-refractivity contribution is -0.123. The SMILES string of the molecule is Cc1cccc2nc(C(=O)O[C@H](C)C(=O)Nc3sc4c(c3C(N)=O)CCC4)cn12. The number of nitrogens with two attached hydrogens (primary N) is 1. The van der Waals surface area contributed by atoms with Gasteiger partial charge < -0.3 is 20.2 Å². The molecule has 3 heterocycles. The Labute approximate surface area is 170 Å². The van der Waals surface area contributed by atoms with Gasteiger partial charge in [-0.2, -0.15) is 0 Å². The van der Waals surface area contributed by atoms with Gasteiger partial charge in [0.25, 0.3) is 11.8 Å². The van der Waals surface area contributed by atoms with Gasteiger partial charge in [0.05, 0.1) is 5.56 Å². The summed E-state index contributed by atoms with van der Waals surface area (Å²) in [6.07, 6.45) is 3.13. The number of fused-ring (bicyclic) bond motifs is 2. The number of hydrogen-bond donors (Lipinski definition) is 2. The second kappa shape index (κ2) is 7.32. The minimum Gasteiger partial charge on any atom is -0.448 e. The number of esters is 1. The number of ether oxygens (including phenoxy) is 1. The van der Waals surface area contributed by atoms with Crippen LogP contribution in [0, 0.1) is 6.92 Å². The van der Waals surface area contributed by atoms with E-state index in [9.17, 15) is 14.4 Å². The van der Waals surface area contributed by atoms with E-state index in [2.05, 4.69) is 10.3 Å². The van der Waals surface area contributed by atoms with E-state index in [1.165, 1.54) is 18.3 Å². The molecule has 3 N–H and O–H groups in total. The summed E-state index contributed by atoms with van der Waals surface area (Å²) in [5, 5.41) is 3.10. The van der Waals surface area contributed by atoms with Gasteiger partial charge in [0.15, 0.2) is 11.8 Å². The summed E-state index contributed by atoms with van der Waals surface area (Å²) < 4.78 is 7.05. The van der Waals surface area contributed by atoms with Gasteiger partial charge in [0, 0.05) is 16.8 Å². The van der Waals surface area contributed by atoms with Crippen LogP contribution in [0.25, 0.3) is 5.65 Å². The Kier molecular flexibility index (Phi) is 4.83. The van der Waals surface area contributed by atoms with E-state index in [0.29, 0.717) is 16.2 Å². The van der Waals surface area contributed by atoms with Crippen molar-refractivity contribution in [2.24, 2.45) is 5.73 Å². The van der Waals surface area contributed by atoms with E-state index in [1.54, 1.807) is 16.7 Å². The second-order valence-corrected chi connectivity index (χ2v) is 8.09. The first kappa shape index (κ1) is 19.1. The lowest BCUT2D eigenvalue weighted by atomic mass is 10.1. The number of pyridine rings is 1. The molecule has 0 bridgehead atoms. The molecule has 0 saturated heterocycles. The smallest absolute Gasteiger partial charge is 0.359 e. The first-order valence-electron chi connectivity index (χ1n) is 9.26. The van der Waals surface area contributed by atoms with Crippen LogP contribution in [0.1, 0.15) is 50.3 Å². The number of hydrogen-bond acceptors (Lipinski definition) is 6. The normalized spacial score (nSPS) is 13.9. The van der Waals surface area contributed by atoms with Crippen LogP contribution >= 0.6 is 11.3 Å². The Balaban J connectivity index is 1.48. The number of rotatable bonds is 5. The first-order chi connectivity index (χ1) is 13.8. The third-order valence-corrected chi connectivity index (χ3v) is 6.17. The fourth-order valence-corrected chi connectivity index (χ4v) is 4.79. The predicted octanol–water partition coefficient (Wildman–Crippen LogP) is 2.48. The van der Waals surface area contributed by atoms with Crippen LogP contribution in [0.4, 0.5) is 5.00 Å². The highest BCUT2D eigenvalue weighted by atomic mass is 32.1. The molecule has 0 spiro atoms. The van der Waals surface area contributed by atoms with Crippen LogP contribution in [0.3, 0.4) is 0 Å². The molecule has 4 rings (SSSR count). The van der Waals surface area contributed by atoms with Crippen LogP contribution < -0.4 is 11.1 Å². The maximum absolute atomic E-state index is 12.5. The first-order valence-corrected chi connectivity index (χ1v) is 10.1. The van der Waals surface area contributed by atoms with Gasteiger partial charge in [-0.05, 0) is 50.8 Å². The highest BCUT2D eigenvalue weighted by Gasteiger charge is 2.28. The van der Waals surface area contributed by atoms with Gasteiger partial charge in [-0.25, -0.2) is 9.78 Å². The van der Waals surface area contributed by atoms with Crippen molar-refractivity contribution in [3.05, 3.63) is 51.8 Å². The number of aromatic nitrogens is 2.